The predicted molar refractivity (Wildman–Crippen MR) is 90.5 cm³/mol. The fraction of sp³-hybridized carbons (Fsp3) is 0.389. The van der Waals surface area contributed by atoms with E-state index in [1.54, 1.807) is 6.08 Å². The van der Waals surface area contributed by atoms with Crippen LogP contribution in [0.1, 0.15) is 44.9 Å². The van der Waals surface area contributed by atoms with Crippen molar-refractivity contribution >= 4 is 21.9 Å². The molecule has 0 aliphatic carbocycles. The maximum atomic E-state index is 10.3. The van der Waals surface area contributed by atoms with Crippen LogP contribution in [-0.4, -0.2) is 11.1 Å². The van der Waals surface area contributed by atoms with Gasteiger partial charge in [-0.05, 0) is 60.6 Å². The minimum Gasteiger partial charge on any atom is -0.481 e. The minimum absolute atomic E-state index is 0.226. The van der Waals surface area contributed by atoms with Crippen molar-refractivity contribution in [3.05, 3.63) is 22.7 Å². The highest BCUT2D eigenvalue weighted by atomic mass is 79.9. The quantitative estimate of drug-likeness (QED) is 0.526. The molecule has 0 aromatic carbocycles. The van der Waals surface area contributed by atoms with Gasteiger partial charge in [0.2, 0.25) is 0 Å². The maximum absolute atomic E-state index is 10.3. The van der Waals surface area contributed by atoms with E-state index in [-0.39, 0.29) is 6.42 Å². The first-order valence-corrected chi connectivity index (χ1v) is 7.62. The predicted octanol–water partition coefficient (Wildman–Crippen LogP) is 4.28. The molecular weight excluding hydrogens is 328 g/mol. The van der Waals surface area contributed by atoms with Crippen LogP contribution in [-0.2, 0) is 4.79 Å². The SMILES string of the molecule is C#C/C=C\C#CC#CCCCC/C(Br)=C\CCCC(=O)O. The molecule has 2 nitrogen and oxygen atoms in total. The van der Waals surface area contributed by atoms with Gasteiger partial charge in [-0.3, -0.25) is 4.79 Å². The molecule has 0 aromatic heterocycles. The number of carboxylic acid groups (broad SMARTS) is 1. The number of carboxylic acids is 1. The number of unbranched alkanes of at least 4 members (excludes halogenated alkanes) is 3. The first-order valence-electron chi connectivity index (χ1n) is 6.82. The lowest BCUT2D eigenvalue weighted by Crippen LogP contribution is -1.92. The fourth-order valence-electron chi connectivity index (χ4n) is 1.40. The summed E-state index contributed by atoms with van der Waals surface area (Å²) in [5.41, 5.74) is 0. The van der Waals surface area contributed by atoms with Gasteiger partial charge in [0, 0.05) is 12.8 Å². The van der Waals surface area contributed by atoms with Crippen LogP contribution in [0.3, 0.4) is 0 Å². The molecular formula is C18H19BrO2. The molecule has 21 heavy (non-hydrogen) atoms. The lowest BCUT2D eigenvalue weighted by atomic mass is 10.1. The zero-order valence-electron chi connectivity index (χ0n) is 12.0. The number of hydrogen-bond donors (Lipinski definition) is 1. The van der Waals surface area contributed by atoms with Gasteiger partial charge in [-0.2, -0.15) is 0 Å². The van der Waals surface area contributed by atoms with Gasteiger partial charge < -0.3 is 5.11 Å². The fourth-order valence-corrected chi connectivity index (χ4v) is 1.90. The molecule has 0 aliphatic heterocycles. The molecule has 0 spiro atoms. The highest BCUT2D eigenvalue weighted by Gasteiger charge is 1.96. The van der Waals surface area contributed by atoms with Crippen LogP contribution in [0.2, 0.25) is 0 Å². The molecule has 0 heterocycles. The van der Waals surface area contributed by atoms with Gasteiger partial charge in [0.15, 0.2) is 0 Å². The van der Waals surface area contributed by atoms with E-state index in [4.69, 9.17) is 11.5 Å². The normalized spacial score (nSPS) is 10.2. The maximum Gasteiger partial charge on any atom is 0.303 e. The standard InChI is InChI=1S/C18H19BrO2/c1-2-3-4-5-6-7-8-9-10-11-14-17(19)15-12-13-16-18(20)21/h1,3-4,15H,9-14,16H2,(H,20,21)/b4-3-,17-15+. The van der Waals surface area contributed by atoms with Crippen molar-refractivity contribution < 1.29 is 9.90 Å². The number of aliphatic carboxylic acids is 1. The lowest BCUT2D eigenvalue weighted by Gasteiger charge is -1.98. The van der Waals surface area contributed by atoms with Crippen molar-refractivity contribution in [3.63, 3.8) is 0 Å². The Kier molecular flexibility index (Phi) is 13.2. The Morgan fingerprint density at radius 2 is 1.95 bits per heavy atom. The Hall–Kier alpha value is -1.89. The van der Waals surface area contributed by atoms with Gasteiger partial charge in [-0.25, -0.2) is 0 Å². The van der Waals surface area contributed by atoms with Crippen LogP contribution in [0, 0.1) is 36.0 Å². The summed E-state index contributed by atoms with van der Waals surface area (Å²) in [6, 6.07) is 0. The topological polar surface area (TPSA) is 37.3 Å². The van der Waals surface area contributed by atoms with E-state index >= 15 is 0 Å². The summed E-state index contributed by atoms with van der Waals surface area (Å²) in [6.07, 6.45) is 15.8. The average molecular weight is 347 g/mol. The van der Waals surface area contributed by atoms with Crippen molar-refractivity contribution in [1.29, 1.82) is 0 Å². The first kappa shape index (κ1) is 19.1. The Morgan fingerprint density at radius 3 is 2.67 bits per heavy atom. The van der Waals surface area contributed by atoms with E-state index < -0.39 is 5.97 Å². The zero-order chi connectivity index (χ0) is 15.8. The van der Waals surface area contributed by atoms with E-state index in [1.807, 2.05) is 0 Å². The van der Waals surface area contributed by atoms with Crippen LogP contribution in [0.25, 0.3) is 0 Å². The summed E-state index contributed by atoms with van der Waals surface area (Å²) in [5.74, 6) is 12.8. The van der Waals surface area contributed by atoms with Crippen LogP contribution in [0.5, 0.6) is 0 Å². The van der Waals surface area contributed by atoms with Crippen molar-refractivity contribution in [2.24, 2.45) is 0 Å². The number of halogens is 1. The van der Waals surface area contributed by atoms with E-state index in [0.29, 0.717) is 6.42 Å². The highest BCUT2D eigenvalue weighted by Crippen LogP contribution is 2.16. The molecule has 1 N–H and O–H groups in total. The third kappa shape index (κ3) is 16.1. The first-order chi connectivity index (χ1) is 10.2. The lowest BCUT2D eigenvalue weighted by molar-refractivity contribution is -0.137. The Bertz CT molecular complexity index is 528. The Balaban J connectivity index is 3.66. The Morgan fingerprint density at radius 1 is 1.14 bits per heavy atom. The van der Waals surface area contributed by atoms with Gasteiger partial charge in [0.25, 0.3) is 0 Å². The molecule has 0 unspecified atom stereocenters. The third-order valence-corrected chi connectivity index (χ3v) is 3.13. The number of rotatable bonds is 8. The average Bonchev–Trinajstić information content (AvgIpc) is 2.45. The van der Waals surface area contributed by atoms with Gasteiger partial charge in [0.1, 0.15) is 0 Å². The van der Waals surface area contributed by atoms with Crippen molar-refractivity contribution in [1.82, 2.24) is 0 Å². The van der Waals surface area contributed by atoms with Gasteiger partial charge >= 0.3 is 5.97 Å². The number of allylic oxidation sites excluding steroid dienone is 4. The molecule has 0 saturated carbocycles. The van der Waals surface area contributed by atoms with E-state index in [1.165, 1.54) is 6.08 Å². The summed E-state index contributed by atoms with van der Waals surface area (Å²) >= 11 is 3.49. The monoisotopic (exact) mass is 346 g/mol. The molecule has 0 aliphatic rings. The van der Waals surface area contributed by atoms with E-state index in [0.717, 1.165) is 36.6 Å². The van der Waals surface area contributed by atoms with Crippen molar-refractivity contribution in [2.75, 3.05) is 0 Å². The minimum atomic E-state index is -0.740. The second-order valence-corrected chi connectivity index (χ2v) is 5.23. The molecule has 0 amide bonds. The molecule has 0 aromatic rings. The third-order valence-electron chi connectivity index (χ3n) is 2.41. The number of terminal acetylenes is 1. The molecule has 0 radical (unpaired) electrons. The molecule has 3 heteroatoms. The van der Waals surface area contributed by atoms with Crippen molar-refractivity contribution in [3.8, 4) is 36.0 Å². The van der Waals surface area contributed by atoms with E-state index in [9.17, 15) is 4.79 Å². The van der Waals surface area contributed by atoms with Gasteiger partial charge in [-0.1, -0.05) is 39.8 Å². The molecule has 0 rings (SSSR count). The van der Waals surface area contributed by atoms with Crippen LogP contribution in [0.4, 0.5) is 0 Å². The molecule has 0 saturated heterocycles. The van der Waals surface area contributed by atoms with Crippen LogP contribution >= 0.6 is 15.9 Å². The Labute approximate surface area is 135 Å². The summed E-state index contributed by atoms with van der Waals surface area (Å²) < 4.78 is 1.14. The second kappa shape index (κ2) is 14.5. The second-order valence-electron chi connectivity index (χ2n) is 4.22. The summed E-state index contributed by atoms with van der Waals surface area (Å²) in [4.78, 5) is 10.3. The summed E-state index contributed by atoms with van der Waals surface area (Å²) in [6.45, 7) is 0. The zero-order valence-corrected chi connectivity index (χ0v) is 13.6. The van der Waals surface area contributed by atoms with Gasteiger partial charge in [-0.15, -0.1) is 6.42 Å². The molecule has 0 fully saturated rings. The number of carbonyl (C=O) groups is 1. The van der Waals surface area contributed by atoms with E-state index in [2.05, 4.69) is 51.6 Å². The van der Waals surface area contributed by atoms with Crippen molar-refractivity contribution in [2.45, 2.75) is 44.9 Å². The number of hydrogen-bond acceptors (Lipinski definition) is 1. The largest absolute Gasteiger partial charge is 0.481 e. The molecule has 110 valence electrons. The molecule has 0 bridgehead atoms. The smallest absolute Gasteiger partial charge is 0.303 e. The van der Waals surface area contributed by atoms with Gasteiger partial charge in [0.05, 0.1) is 0 Å². The molecule has 0 atom stereocenters. The van der Waals surface area contributed by atoms with Crippen LogP contribution in [0.15, 0.2) is 22.7 Å². The van der Waals surface area contributed by atoms with Crippen LogP contribution < -0.4 is 0 Å². The highest BCUT2D eigenvalue weighted by molar-refractivity contribution is 9.11. The summed E-state index contributed by atoms with van der Waals surface area (Å²) in [5, 5.41) is 8.52. The summed E-state index contributed by atoms with van der Waals surface area (Å²) in [7, 11) is 0.